The molecule has 0 amide bonds. The number of nitrogens with zero attached hydrogens (tertiary/aromatic N) is 1. The SMILES string of the molecule is Clc1ccc(-c2ccnc3c2CNC3)cc1. The van der Waals surface area contributed by atoms with E-state index in [1.165, 1.54) is 16.7 Å². The normalized spacial score (nSPS) is 13.8. The number of halogens is 1. The topological polar surface area (TPSA) is 24.9 Å². The summed E-state index contributed by atoms with van der Waals surface area (Å²) in [6, 6.07) is 10.0. The Morgan fingerprint density at radius 2 is 1.88 bits per heavy atom. The second-order valence-corrected chi connectivity index (χ2v) is 4.33. The minimum atomic E-state index is 0.771. The zero-order valence-corrected chi connectivity index (χ0v) is 9.46. The summed E-state index contributed by atoms with van der Waals surface area (Å²) in [4.78, 5) is 4.37. The van der Waals surface area contributed by atoms with Gasteiger partial charge in [-0.05, 0) is 34.9 Å². The molecule has 0 aliphatic carbocycles. The Balaban J connectivity index is 2.13. The number of rotatable bonds is 1. The molecular formula is C13H11ClN2. The zero-order valence-electron chi connectivity index (χ0n) is 8.70. The molecule has 1 aromatic heterocycles. The lowest BCUT2D eigenvalue weighted by molar-refractivity contribution is 0.758. The monoisotopic (exact) mass is 230 g/mol. The Morgan fingerprint density at radius 1 is 1.06 bits per heavy atom. The smallest absolute Gasteiger partial charge is 0.0592 e. The molecule has 0 spiro atoms. The van der Waals surface area contributed by atoms with Crippen LogP contribution in [0.5, 0.6) is 0 Å². The molecule has 2 aromatic rings. The van der Waals surface area contributed by atoms with Crippen LogP contribution in [0.2, 0.25) is 5.02 Å². The van der Waals surface area contributed by atoms with Crippen molar-refractivity contribution in [2.24, 2.45) is 0 Å². The van der Waals surface area contributed by atoms with Crippen LogP contribution in [0.15, 0.2) is 36.5 Å². The van der Waals surface area contributed by atoms with Gasteiger partial charge in [0.1, 0.15) is 0 Å². The molecule has 0 bridgehead atoms. The molecule has 0 radical (unpaired) electrons. The predicted molar refractivity (Wildman–Crippen MR) is 65.2 cm³/mol. The highest BCUT2D eigenvalue weighted by atomic mass is 35.5. The van der Waals surface area contributed by atoms with E-state index in [2.05, 4.69) is 28.5 Å². The Morgan fingerprint density at radius 3 is 2.69 bits per heavy atom. The summed E-state index contributed by atoms with van der Waals surface area (Å²) in [5.41, 5.74) is 4.93. The molecular weight excluding hydrogens is 220 g/mol. The molecule has 3 rings (SSSR count). The van der Waals surface area contributed by atoms with Crippen molar-refractivity contribution in [2.75, 3.05) is 0 Å². The standard InChI is InChI=1S/C13H11ClN2/c14-10-3-1-9(2-4-10)11-5-6-16-13-8-15-7-12(11)13/h1-6,15H,7-8H2. The van der Waals surface area contributed by atoms with Crippen molar-refractivity contribution >= 4 is 11.6 Å². The number of benzene rings is 1. The number of nitrogens with one attached hydrogen (secondary N) is 1. The van der Waals surface area contributed by atoms with Gasteiger partial charge in [-0.25, -0.2) is 0 Å². The van der Waals surface area contributed by atoms with E-state index in [0.717, 1.165) is 23.8 Å². The van der Waals surface area contributed by atoms with Crippen LogP contribution in [-0.2, 0) is 13.1 Å². The molecule has 1 aliphatic rings. The summed E-state index contributed by atoms with van der Waals surface area (Å²) in [6.07, 6.45) is 1.87. The van der Waals surface area contributed by atoms with E-state index in [1.54, 1.807) is 0 Å². The van der Waals surface area contributed by atoms with Crippen molar-refractivity contribution in [2.45, 2.75) is 13.1 Å². The van der Waals surface area contributed by atoms with Crippen LogP contribution in [0, 0.1) is 0 Å². The van der Waals surface area contributed by atoms with Crippen molar-refractivity contribution in [1.29, 1.82) is 0 Å². The summed E-state index contributed by atoms with van der Waals surface area (Å²) in [6.45, 7) is 1.78. The lowest BCUT2D eigenvalue weighted by Gasteiger charge is -2.07. The van der Waals surface area contributed by atoms with Crippen LogP contribution in [0.25, 0.3) is 11.1 Å². The van der Waals surface area contributed by atoms with Crippen LogP contribution in [0.3, 0.4) is 0 Å². The average Bonchev–Trinajstić information content (AvgIpc) is 2.78. The van der Waals surface area contributed by atoms with Gasteiger partial charge in [0.05, 0.1) is 5.69 Å². The maximum absolute atomic E-state index is 5.89. The second-order valence-electron chi connectivity index (χ2n) is 3.89. The lowest BCUT2D eigenvalue weighted by Crippen LogP contribution is -2.00. The van der Waals surface area contributed by atoms with E-state index >= 15 is 0 Å². The minimum absolute atomic E-state index is 0.771. The van der Waals surface area contributed by atoms with Gasteiger partial charge in [-0.15, -0.1) is 0 Å². The van der Waals surface area contributed by atoms with E-state index in [0.29, 0.717) is 0 Å². The van der Waals surface area contributed by atoms with Crippen molar-refractivity contribution in [1.82, 2.24) is 10.3 Å². The fourth-order valence-electron chi connectivity index (χ4n) is 2.09. The second kappa shape index (κ2) is 3.89. The fraction of sp³-hybridized carbons (Fsp3) is 0.154. The summed E-state index contributed by atoms with van der Waals surface area (Å²) in [7, 11) is 0. The van der Waals surface area contributed by atoms with Crippen molar-refractivity contribution < 1.29 is 0 Å². The molecule has 2 heterocycles. The van der Waals surface area contributed by atoms with Gasteiger partial charge in [-0.3, -0.25) is 4.98 Å². The maximum atomic E-state index is 5.89. The van der Waals surface area contributed by atoms with Crippen LogP contribution < -0.4 is 5.32 Å². The number of hydrogen-bond acceptors (Lipinski definition) is 2. The molecule has 3 heteroatoms. The number of fused-ring (bicyclic) bond motifs is 1. The number of hydrogen-bond donors (Lipinski definition) is 1. The van der Waals surface area contributed by atoms with E-state index in [1.807, 2.05) is 18.3 Å². The maximum Gasteiger partial charge on any atom is 0.0592 e. The van der Waals surface area contributed by atoms with Gasteiger partial charge < -0.3 is 5.32 Å². The van der Waals surface area contributed by atoms with E-state index in [-0.39, 0.29) is 0 Å². The van der Waals surface area contributed by atoms with Gasteiger partial charge >= 0.3 is 0 Å². The molecule has 1 aliphatic heterocycles. The largest absolute Gasteiger partial charge is 0.307 e. The van der Waals surface area contributed by atoms with E-state index in [9.17, 15) is 0 Å². The minimum Gasteiger partial charge on any atom is -0.307 e. The Hall–Kier alpha value is -1.38. The third-order valence-electron chi connectivity index (χ3n) is 2.89. The molecule has 0 fully saturated rings. The Kier molecular flexibility index (Phi) is 2.39. The van der Waals surface area contributed by atoms with Crippen molar-refractivity contribution in [3.63, 3.8) is 0 Å². The molecule has 80 valence electrons. The lowest BCUT2D eigenvalue weighted by atomic mass is 10.0. The molecule has 1 N–H and O–H groups in total. The summed E-state index contributed by atoms with van der Waals surface area (Å²) >= 11 is 5.89. The number of pyridine rings is 1. The Labute approximate surface area is 99.3 Å². The first-order chi connectivity index (χ1) is 7.84. The first-order valence-corrected chi connectivity index (χ1v) is 5.66. The summed E-state index contributed by atoms with van der Waals surface area (Å²) in [5.74, 6) is 0. The molecule has 0 saturated heterocycles. The Bertz CT molecular complexity index is 520. The number of aromatic nitrogens is 1. The highest BCUT2D eigenvalue weighted by molar-refractivity contribution is 6.30. The average molecular weight is 231 g/mol. The molecule has 2 nitrogen and oxygen atoms in total. The highest BCUT2D eigenvalue weighted by Crippen LogP contribution is 2.28. The van der Waals surface area contributed by atoms with Crippen LogP contribution >= 0.6 is 11.6 Å². The van der Waals surface area contributed by atoms with E-state index < -0.39 is 0 Å². The quantitative estimate of drug-likeness (QED) is 0.815. The van der Waals surface area contributed by atoms with Crippen LogP contribution in [0.1, 0.15) is 11.3 Å². The van der Waals surface area contributed by atoms with Gasteiger partial charge in [0.15, 0.2) is 0 Å². The first-order valence-electron chi connectivity index (χ1n) is 5.28. The van der Waals surface area contributed by atoms with Gasteiger partial charge in [-0.2, -0.15) is 0 Å². The molecule has 1 aromatic carbocycles. The molecule has 0 saturated carbocycles. The van der Waals surface area contributed by atoms with Gasteiger partial charge in [-0.1, -0.05) is 23.7 Å². The predicted octanol–water partition coefficient (Wildman–Crippen LogP) is 3.01. The third kappa shape index (κ3) is 1.60. The first kappa shape index (κ1) is 9.82. The summed E-state index contributed by atoms with van der Waals surface area (Å²) in [5, 5.41) is 4.09. The van der Waals surface area contributed by atoms with Crippen molar-refractivity contribution in [3.05, 3.63) is 52.8 Å². The molecule has 16 heavy (non-hydrogen) atoms. The molecule has 0 unspecified atom stereocenters. The summed E-state index contributed by atoms with van der Waals surface area (Å²) < 4.78 is 0. The van der Waals surface area contributed by atoms with Crippen LogP contribution in [-0.4, -0.2) is 4.98 Å². The zero-order chi connectivity index (χ0) is 11.0. The van der Waals surface area contributed by atoms with Gasteiger partial charge in [0.25, 0.3) is 0 Å². The van der Waals surface area contributed by atoms with Crippen molar-refractivity contribution in [3.8, 4) is 11.1 Å². The fourth-order valence-corrected chi connectivity index (χ4v) is 2.22. The van der Waals surface area contributed by atoms with Gasteiger partial charge in [0.2, 0.25) is 0 Å². The van der Waals surface area contributed by atoms with E-state index in [4.69, 9.17) is 11.6 Å². The van der Waals surface area contributed by atoms with Crippen LogP contribution in [0.4, 0.5) is 0 Å². The molecule has 0 atom stereocenters. The third-order valence-corrected chi connectivity index (χ3v) is 3.15. The highest BCUT2D eigenvalue weighted by Gasteiger charge is 2.15. The van der Waals surface area contributed by atoms with Gasteiger partial charge in [0, 0.05) is 24.3 Å².